The van der Waals surface area contributed by atoms with E-state index in [1.54, 1.807) is 11.5 Å². The number of hydrogen-bond acceptors (Lipinski definition) is 3. The molecule has 1 aliphatic rings. The van der Waals surface area contributed by atoms with Crippen LogP contribution in [0.3, 0.4) is 0 Å². The number of fused-ring (bicyclic) bond motifs is 1. The van der Waals surface area contributed by atoms with Gasteiger partial charge in [0.15, 0.2) is 0 Å². The van der Waals surface area contributed by atoms with Gasteiger partial charge in [0.1, 0.15) is 0 Å². The molecular weight excluding hydrogens is 347 g/mol. The van der Waals surface area contributed by atoms with Gasteiger partial charge in [-0.2, -0.15) is 13.2 Å². The van der Waals surface area contributed by atoms with E-state index >= 15 is 0 Å². The molecule has 4 nitrogen and oxygen atoms in total. The zero-order chi connectivity index (χ0) is 18.9. The molecule has 1 aromatic carbocycles. The highest BCUT2D eigenvalue weighted by Gasteiger charge is 2.30. The third-order valence-corrected chi connectivity index (χ3v) is 4.44. The summed E-state index contributed by atoms with van der Waals surface area (Å²) in [6.45, 7) is 2.46. The third-order valence-electron chi connectivity index (χ3n) is 4.44. The Kier molecular flexibility index (Phi) is 4.89. The first kappa shape index (κ1) is 18.2. The molecular formula is C19H18F3NO3. The van der Waals surface area contributed by atoms with E-state index in [1.165, 1.54) is 18.2 Å². The molecule has 0 saturated carbocycles. The fraction of sp³-hybridized carbons (Fsp3) is 0.368. The standard InChI is InChI=1S/C19H18F3NO3/c1-2-26-18(25)15-11-13(17(24)23-9-3-4-16(15)23)10-12-5-7-14(8-6-12)19(20,21)22/h5-8,11H,2-4,9-10H2,1H3. The van der Waals surface area contributed by atoms with Crippen molar-refractivity contribution in [2.75, 3.05) is 6.61 Å². The lowest BCUT2D eigenvalue weighted by Crippen LogP contribution is -2.26. The molecule has 3 rings (SSSR count). The second-order valence-corrected chi connectivity index (χ2v) is 6.18. The van der Waals surface area contributed by atoms with Crippen LogP contribution < -0.4 is 5.56 Å². The number of esters is 1. The van der Waals surface area contributed by atoms with E-state index in [0.29, 0.717) is 35.3 Å². The Morgan fingerprint density at radius 3 is 2.54 bits per heavy atom. The second kappa shape index (κ2) is 6.97. The average Bonchev–Trinajstić information content (AvgIpc) is 3.07. The Hall–Kier alpha value is -2.57. The van der Waals surface area contributed by atoms with Crippen LogP contribution in [-0.4, -0.2) is 17.1 Å². The summed E-state index contributed by atoms with van der Waals surface area (Å²) in [5.74, 6) is -0.480. The van der Waals surface area contributed by atoms with E-state index in [4.69, 9.17) is 4.74 Å². The van der Waals surface area contributed by atoms with Crippen LogP contribution in [0.2, 0.25) is 0 Å². The van der Waals surface area contributed by atoms with Gasteiger partial charge in [0.05, 0.1) is 17.7 Å². The summed E-state index contributed by atoms with van der Waals surface area (Å²) >= 11 is 0. The molecule has 7 heteroatoms. The molecule has 0 fully saturated rings. The zero-order valence-electron chi connectivity index (χ0n) is 14.2. The van der Waals surface area contributed by atoms with Crippen molar-refractivity contribution in [3.8, 4) is 0 Å². The third kappa shape index (κ3) is 3.52. The van der Waals surface area contributed by atoms with E-state index in [-0.39, 0.29) is 18.6 Å². The van der Waals surface area contributed by atoms with E-state index in [1.807, 2.05) is 0 Å². The molecule has 2 aromatic rings. The number of hydrogen-bond donors (Lipinski definition) is 0. The van der Waals surface area contributed by atoms with Crippen LogP contribution in [0, 0.1) is 0 Å². The summed E-state index contributed by atoms with van der Waals surface area (Å²) in [7, 11) is 0. The molecule has 0 radical (unpaired) electrons. The zero-order valence-corrected chi connectivity index (χ0v) is 14.2. The summed E-state index contributed by atoms with van der Waals surface area (Å²) in [5, 5.41) is 0. The summed E-state index contributed by atoms with van der Waals surface area (Å²) < 4.78 is 44.7. The van der Waals surface area contributed by atoms with Gasteiger partial charge < -0.3 is 9.30 Å². The van der Waals surface area contributed by atoms with Crippen molar-refractivity contribution >= 4 is 5.97 Å². The highest BCUT2D eigenvalue weighted by atomic mass is 19.4. The lowest BCUT2D eigenvalue weighted by atomic mass is 10.0. The normalized spacial score (nSPS) is 13.5. The molecule has 0 spiro atoms. The largest absolute Gasteiger partial charge is 0.462 e. The van der Waals surface area contributed by atoms with Gasteiger partial charge in [-0.05, 0) is 43.5 Å². The first-order chi connectivity index (χ1) is 12.3. The molecule has 0 bridgehead atoms. The van der Waals surface area contributed by atoms with Gasteiger partial charge in [-0.25, -0.2) is 4.79 Å². The van der Waals surface area contributed by atoms with Crippen molar-refractivity contribution in [2.45, 2.75) is 38.9 Å². The number of carbonyl (C=O) groups is 1. The SMILES string of the molecule is CCOC(=O)c1cc(Cc2ccc(C(F)(F)F)cc2)c(=O)n2c1CCC2. The fourth-order valence-electron chi connectivity index (χ4n) is 3.22. The number of ether oxygens (including phenoxy) is 1. The Balaban J connectivity index is 1.96. The Morgan fingerprint density at radius 2 is 1.92 bits per heavy atom. The van der Waals surface area contributed by atoms with Gasteiger partial charge in [0.2, 0.25) is 0 Å². The minimum Gasteiger partial charge on any atom is -0.462 e. The van der Waals surface area contributed by atoms with E-state index in [0.717, 1.165) is 18.6 Å². The topological polar surface area (TPSA) is 48.3 Å². The number of rotatable bonds is 4. The predicted octanol–water partition coefficient (Wildman–Crippen LogP) is 3.58. The molecule has 0 amide bonds. The molecule has 1 aliphatic heterocycles. The van der Waals surface area contributed by atoms with Crippen LogP contribution in [0.1, 0.15) is 46.1 Å². The molecule has 0 atom stereocenters. The first-order valence-corrected chi connectivity index (χ1v) is 8.40. The minimum absolute atomic E-state index is 0.156. The van der Waals surface area contributed by atoms with Crippen molar-refractivity contribution < 1.29 is 22.7 Å². The van der Waals surface area contributed by atoms with Crippen LogP contribution in [0.15, 0.2) is 35.1 Å². The summed E-state index contributed by atoms with van der Waals surface area (Å²) in [5.41, 5.74) is 1.04. The number of pyridine rings is 1. The van der Waals surface area contributed by atoms with Crippen LogP contribution in [0.4, 0.5) is 13.2 Å². The van der Waals surface area contributed by atoms with Crippen molar-refractivity contribution in [1.29, 1.82) is 0 Å². The van der Waals surface area contributed by atoms with Gasteiger partial charge in [-0.3, -0.25) is 4.79 Å². The Labute approximate surface area is 148 Å². The Morgan fingerprint density at radius 1 is 1.23 bits per heavy atom. The maximum Gasteiger partial charge on any atom is 0.416 e. The summed E-state index contributed by atoms with van der Waals surface area (Å²) in [6.07, 6.45) is -2.85. The van der Waals surface area contributed by atoms with E-state index in [2.05, 4.69) is 0 Å². The van der Waals surface area contributed by atoms with Gasteiger partial charge in [0.25, 0.3) is 5.56 Å². The van der Waals surface area contributed by atoms with Crippen molar-refractivity contribution in [2.24, 2.45) is 0 Å². The van der Waals surface area contributed by atoms with Crippen LogP contribution in [0.25, 0.3) is 0 Å². The van der Waals surface area contributed by atoms with Gasteiger partial charge in [-0.15, -0.1) is 0 Å². The Bertz CT molecular complexity index is 883. The minimum atomic E-state index is -4.40. The molecule has 0 N–H and O–H groups in total. The lowest BCUT2D eigenvalue weighted by Gasteiger charge is -2.13. The lowest BCUT2D eigenvalue weighted by molar-refractivity contribution is -0.137. The average molecular weight is 365 g/mol. The van der Waals surface area contributed by atoms with E-state index < -0.39 is 17.7 Å². The quantitative estimate of drug-likeness (QED) is 0.778. The fourth-order valence-corrected chi connectivity index (χ4v) is 3.22. The van der Waals surface area contributed by atoms with Crippen LogP contribution in [0.5, 0.6) is 0 Å². The predicted molar refractivity (Wildman–Crippen MR) is 89.2 cm³/mol. The number of benzene rings is 1. The molecule has 0 saturated heterocycles. The summed E-state index contributed by atoms with van der Waals surface area (Å²) in [4.78, 5) is 24.9. The maximum atomic E-state index is 12.7. The smallest absolute Gasteiger partial charge is 0.416 e. The van der Waals surface area contributed by atoms with Crippen molar-refractivity contribution in [3.63, 3.8) is 0 Å². The van der Waals surface area contributed by atoms with Crippen LogP contribution in [-0.2, 0) is 30.3 Å². The van der Waals surface area contributed by atoms with Crippen LogP contribution >= 0.6 is 0 Å². The molecule has 138 valence electrons. The highest BCUT2D eigenvalue weighted by molar-refractivity contribution is 5.91. The van der Waals surface area contributed by atoms with Gasteiger partial charge in [0, 0.05) is 24.2 Å². The number of halogens is 3. The number of nitrogens with zero attached hydrogens (tertiary/aromatic N) is 1. The molecule has 26 heavy (non-hydrogen) atoms. The summed E-state index contributed by atoms with van der Waals surface area (Å²) in [6, 6.07) is 6.21. The second-order valence-electron chi connectivity index (χ2n) is 6.18. The van der Waals surface area contributed by atoms with Gasteiger partial charge >= 0.3 is 12.1 Å². The number of carbonyl (C=O) groups excluding carboxylic acids is 1. The first-order valence-electron chi connectivity index (χ1n) is 8.40. The highest BCUT2D eigenvalue weighted by Crippen LogP contribution is 2.29. The maximum absolute atomic E-state index is 12.7. The van der Waals surface area contributed by atoms with Crippen molar-refractivity contribution in [3.05, 3.63) is 68.6 Å². The van der Waals surface area contributed by atoms with Crippen molar-refractivity contribution in [1.82, 2.24) is 4.57 Å². The van der Waals surface area contributed by atoms with Gasteiger partial charge in [-0.1, -0.05) is 12.1 Å². The number of alkyl halides is 3. The van der Waals surface area contributed by atoms with E-state index in [9.17, 15) is 22.8 Å². The molecule has 2 heterocycles. The number of aromatic nitrogens is 1. The monoisotopic (exact) mass is 365 g/mol. The molecule has 1 aromatic heterocycles. The molecule has 0 unspecified atom stereocenters. The molecule has 0 aliphatic carbocycles.